The van der Waals surface area contributed by atoms with Gasteiger partial charge >= 0.3 is 0 Å². The highest BCUT2D eigenvalue weighted by Crippen LogP contribution is 2.38. The van der Waals surface area contributed by atoms with Gasteiger partial charge in [-0.05, 0) is 260 Å². The van der Waals surface area contributed by atoms with Crippen LogP contribution >= 0.6 is 69.6 Å². The van der Waals surface area contributed by atoms with Crippen LogP contribution in [0.1, 0.15) is 135 Å². The number of aliphatic hydroxyl groups excluding tert-OH is 6. The quantitative estimate of drug-likeness (QED) is 0.0172. The minimum absolute atomic E-state index is 0.00364. The Morgan fingerprint density at radius 2 is 0.687 bits per heavy atom. The van der Waals surface area contributed by atoms with Crippen LogP contribution in [0.3, 0.4) is 0 Å². The number of aromatic nitrogens is 7. The maximum atomic E-state index is 13.8. The third-order valence-electron chi connectivity index (χ3n) is 23.9. The summed E-state index contributed by atoms with van der Waals surface area (Å²) in [7, 11) is 0. The molecule has 3 unspecified atom stereocenters. The van der Waals surface area contributed by atoms with Gasteiger partial charge in [-0.25, -0.2) is 23.7 Å². The van der Waals surface area contributed by atoms with Crippen molar-refractivity contribution >= 4 is 137 Å². The fraction of sp³-hybridized carbons (Fsp3) is 0.317. The number of carbonyl (C=O) groups excluding carboxylic acids is 3. The molecular weight excluding hydrogens is 1830 g/mol. The lowest BCUT2D eigenvalue weighted by atomic mass is 9.89. The summed E-state index contributed by atoms with van der Waals surface area (Å²) < 4.78 is 33.7. The monoisotopic (exact) mass is 1930 g/mol. The van der Waals surface area contributed by atoms with Crippen molar-refractivity contribution in [2.45, 2.75) is 123 Å². The van der Waals surface area contributed by atoms with E-state index in [2.05, 4.69) is 71.0 Å². The molecule has 0 aliphatic heterocycles. The van der Waals surface area contributed by atoms with Crippen LogP contribution in [0.25, 0.3) is 67.3 Å². The van der Waals surface area contributed by atoms with Gasteiger partial charge in [-0.3, -0.25) is 19.4 Å². The van der Waals surface area contributed by atoms with Crippen molar-refractivity contribution in [1.82, 2.24) is 49.6 Å². The van der Waals surface area contributed by atoms with Gasteiger partial charge in [0.25, 0.3) is 0 Å². The largest absolute Gasteiger partial charge is 0.395 e. The van der Waals surface area contributed by atoms with Crippen molar-refractivity contribution in [3.63, 3.8) is 0 Å². The molecule has 1 fully saturated rings. The van der Waals surface area contributed by atoms with E-state index in [0.29, 0.717) is 131 Å². The number of hydrogen-bond donors (Lipinski definition) is 9. The first kappa shape index (κ1) is 101. The van der Waals surface area contributed by atoms with E-state index in [4.69, 9.17) is 84.6 Å². The molecular formula is C104H111Cl6F2N13O9. The Bertz CT molecular complexity index is 6270. The van der Waals surface area contributed by atoms with Crippen LogP contribution in [-0.4, -0.2) is 167 Å². The number of halogens is 8. The third kappa shape index (κ3) is 27.0. The number of carbonyl (C=O) groups is 3. The summed E-state index contributed by atoms with van der Waals surface area (Å²) in [4.78, 5) is 61.9. The lowest BCUT2D eigenvalue weighted by Crippen LogP contribution is -2.29. The zero-order valence-corrected chi connectivity index (χ0v) is 79.5. The first-order valence-corrected chi connectivity index (χ1v) is 47.2. The van der Waals surface area contributed by atoms with Crippen LogP contribution in [0.2, 0.25) is 30.1 Å². The molecule has 10 aromatic carbocycles. The standard InChI is InChI=1S/C35H34Cl2F2N4O3.C35H42Cl2N4O3.C34H35Cl2N5O3/c1-22(46)16-32(40-20-23-3-10-30(38)31(39)18-23)26-6-11-34-33(19-26)41-35(43(34)21-24-2-9-28(36)29(37)17-24)25-4-7-27(8-5-25)42(12-14-44)13-15-45;1-24(44)19-32(38-22-25-5-3-2-4-6-25)28-10-14-34-33(21-28)39-35(41(34)23-26-7-13-30(36)31(37)20-26)27-8-11-29(12-9-27)40(15-17-42)16-18-43;1-23(44)18-31(38-21-24-10-12-37-13-11-24)27-5-9-33-32(20-27)39-34(41(33)22-25-2-8-29(35)30(36)19-25)26-3-6-28(7-4-26)40(14-16-42)15-17-43/h2-11,17-19,32,40,44-45H,12-16,20-21H2,1H3;7-14,20-21,25,32,38,42-43H,2-6,15-19,22-23H2,1H3;2-13,19-20,31,38,42-43H,14-18,21-22H2,1H3. The number of rotatable bonds is 42. The molecule has 1 aliphatic carbocycles. The van der Waals surface area contributed by atoms with Crippen LogP contribution < -0.4 is 30.7 Å². The van der Waals surface area contributed by atoms with Crippen molar-refractivity contribution in [3.8, 4) is 34.2 Å². The number of anilines is 3. The number of aliphatic hydroxyl groups is 6. The zero-order valence-electron chi connectivity index (χ0n) is 75.0. The van der Waals surface area contributed by atoms with E-state index in [0.717, 1.165) is 131 Å². The summed E-state index contributed by atoms with van der Waals surface area (Å²) in [5, 5.41) is 70.3. The SMILES string of the molecule is CC(=O)CC(NCC1CCCCC1)c1ccc2c(c1)nc(-c1ccc(N(CCO)CCO)cc1)n2Cc1ccc(Cl)c(Cl)c1.CC(=O)CC(NCc1ccc(F)c(F)c1)c1ccc2c(c1)nc(-c1ccc(N(CCO)CCO)cc1)n2Cc1ccc(Cl)c(Cl)c1.CC(=O)CC(NCc1ccncc1)c1ccc2c(c1)nc(-c1ccc(N(CCO)CCO)cc1)n2Cc1ccc(Cl)c(Cl)c1. The molecule has 0 amide bonds. The smallest absolute Gasteiger partial charge is 0.159 e. The predicted molar refractivity (Wildman–Crippen MR) is 534 cm³/mol. The maximum absolute atomic E-state index is 13.8. The van der Waals surface area contributed by atoms with Gasteiger partial charge in [0.15, 0.2) is 11.6 Å². The van der Waals surface area contributed by atoms with Crippen LogP contribution in [0, 0.1) is 17.6 Å². The summed E-state index contributed by atoms with van der Waals surface area (Å²) >= 11 is 37.7. The van der Waals surface area contributed by atoms with Gasteiger partial charge in [-0.2, -0.15) is 0 Å². The van der Waals surface area contributed by atoms with Gasteiger partial charge in [-0.1, -0.05) is 131 Å². The molecule has 702 valence electrons. The average molecular weight is 1940 g/mol. The number of fused-ring (bicyclic) bond motifs is 3. The summed E-state index contributed by atoms with van der Waals surface area (Å²) in [6.45, 7) is 10.5. The molecule has 22 nitrogen and oxygen atoms in total. The van der Waals surface area contributed by atoms with E-state index in [1.807, 2.05) is 160 Å². The lowest BCUT2D eigenvalue weighted by Gasteiger charge is -2.25. The Hall–Kier alpha value is -10.6. The molecule has 0 bridgehead atoms. The van der Waals surface area contributed by atoms with Crippen molar-refractivity contribution < 1.29 is 53.8 Å². The fourth-order valence-electron chi connectivity index (χ4n) is 17.1. The molecule has 0 radical (unpaired) electrons. The second-order valence-corrected chi connectivity index (χ2v) is 36.1. The van der Waals surface area contributed by atoms with E-state index >= 15 is 0 Å². The van der Waals surface area contributed by atoms with Gasteiger partial charge in [0, 0.05) is 156 Å². The summed E-state index contributed by atoms with van der Waals surface area (Å²) in [5.41, 5.74) is 18.0. The van der Waals surface area contributed by atoms with Crippen molar-refractivity contribution in [2.24, 2.45) is 5.92 Å². The van der Waals surface area contributed by atoms with Gasteiger partial charge in [0.2, 0.25) is 0 Å². The second-order valence-electron chi connectivity index (χ2n) is 33.7. The molecule has 4 aromatic heterocycles. The number of Topliss-reactive ketones (excluding diaryl/α,β-unsaturated/α-hetero) is 3. The van der Waals surface area contributed by atoms with Gasteiger partial charge in [0.05, 0.1) is 103 Å². The molecule has 0 saturated heterocycles. The van der Waals surface area contributed by atoms with Crippen LogP contribution in [-0.2, 0) is 47.1 Å². The Labute approximate surface area is 809 Å². The van der Waals surface area contributed by atoms with Crippen LogP contribution in [0.15, 0.2) is 225 Å². The fourth-order valence-corrected chi connectivity index (χ4v) is 18.1. The number of imidazole rings is 3. The highest BCUT2D eigenvalue weighted by molar-refractivity contribution is 6.43. The number of pyridine rings is 1. The van der Waals surface area contributed by atoms with E-state index in [1.165, 1.54) is 45.1 Å². The van der Waals surface area contributed by atoms with Gasteiger partial charge in [-0.15, -0.1) is 0 Å². The minimum atomic E-state index is -0.925. The average Bonchev–Trinajstić information content (AvgIpc) is 1.63. The molecule has 134 heavy (non-hydrogen) atoms. The Kier molecular flexibility index (Phi) is 37.1. The molecule has 1 aliphatic rings. The van der Waals surface area contributed by atoms with Crippen LogP contribution in [0.5, 0.6) is 0 Å². The Morgan fingerprint density at radius 1 is 0.366 bits per heavy atom. The van der Waals surface area contributed by atoms with Crippen molar-refractivity contribution in [3.05, 3.63) is 311 Å². The maximum Gasteiger partial charge on any atom is 0.159 e. The topological polar surface area (TPSA) is 285 Å². The molecule has 14 aromatic rings. The first-order valence-electron chi connectivity index (χ1n) is 44.9. The van der Waals surface area contributed by atoms with E-state index in [9.17, 15) is 53.8 Å². The molecule has 1 saturated carbocycles. The normalized spacial score (nSPS) is 12.9. The first-order chi connectivity index (χ1) is 64.9. The van der Waals surface area contributed by atoms with Gasteiger partial charge < -0.3 is 75.0 Å². The lowest BCUT2D eigenvalue weighted by molar-refractivity contribution is -0.118. The third-order valence-corrected chi connectivity index (χ3v) is 26.1. The van der Waals surface area contributed by atoms with E-state index < -0.39 is 11.6 Å². The molecule has 0 spiro atoms. The van der Waals surface area contributed by atoms with Gasteiger partial charge in [0.1, 0.15) is 34.8 Å². The molecule has 4 heterocycles. The predicted octanol–water partition coefficient (Wildman–Crippen LogP) is 20.0. The number of nitrogens with one attached hydrogen (secondary N) is 3. The number of nitrogens with zero attached hydrogens (tertiary/aromatic N) is 10. The molecule has 9 N–H and O–H groups in total. The minimum Gasteiger partial charge on any atom is -0.395 e. The number of benzene rings is 10. The molecule has 15 rings (SSSR count). The van der Waals surface area contributed by atoms with E-state index in [1.54, 1.807) is 38.4 Å². The molecule has 3 atom stereocenters. The Balaban J connectivity index is 0.000000170. The highest BCUT2D eigenvalue weighted by Gasteiger charge is 2.26. The summed E-state index contributed by atoms with van der Waals surface area (Å²) in [6.07, 6.45) is 10.9. The summed E-state index contributed by atoms with van der Waals surface area (Å²) in [5.74, 6) is 1.35. The summed E-state index contributed by atoms with van der Waals surface area (Å²) in [6, 6.07) is 65.9. The van der Waals surface area contributed by atoms with Crippen molar-refractivity contribution in [1.29, 1.82) is 0 Å². The highest BCUT2D eigenvalue weighted by atomic mass is 35.5. The Morgan fingerprint density at radius 3 is 1.00 bits per heavy atom. The van der Waals surface area contributed by atoms with E-state index in [-0.39, 0.29) is 88.1 Å². The van der Waals surface area contributed by atoms with Crippen LogP contribution in [0.4, 0.5) is 25.8 Å². The van der Waals surface area contributed by atoms with Crippen molar-refractivity contribution in [2.75, 3.05) is 100 Å². The molecule has 30 heteroatoms. The second kappa shape index (κ2) is 49.2. The number of ketones is 3. The zero-order chi connectivity index (χ0) is 94.9. The number of hydrogen-bond acceptors (Lipinski definition) is 19.